The summed E-state index contributed by atoms with van der Waals surface area (Å²) in [5.41, 5.74) is 0.450. The molecule has 1 atom stereocenters. The average Bonchev–Trinajstić information content (AvgIpc) is 2.41. The Morgan fingerprint density at radius 3 is 2.83 bits per heavy atom. The Hall–Kier alpha value is -0.870. The maximum atomic E-state index is 12.6. The Morgan fingerprint density at radius 2 is 2.17 bits per heavy atom. The SMILES string of the molecule is CC1CNC(C)(C)C(=O)N(c2cccc(Br)c2)C1. The van der Waals surface area contributed by atoms with Crippen LogP contribution in [0, 0.1) is 5.92 Å². The van der Waals surface area contributed by atoms with E-state index in [0.717, 1.165) is 23.2 Å². The second-order valence-electron chi connectivity index (χ2n) is 5.51. The van der Waals surface area contributed by atoms with Crippen molar-refractivity contribution < 1.29 is 4.79 Å². The number of hydrogen-bond acceptors (Lipinski definition) is 2. The molecule has 1 saturated heterocycles. The van der Waals surface area contributed by atoms with E-state index in [4.69, 9.17) is 0 Å². The molecule has 0 aliphatic carbocycles. The summed E-state index contributed by atoms with van der Waals surface area (Å²) in [7, 11) is 0. The van der Waals surface area contributed by atoms with Gasteiger partial charge in [-0.3, -0.25) is 4.79 Å². The minimum Gasteiger partial charge on any atom is -0.310 e. The molecule has 0 radical (unpaired) electrons. The molecule has 0 spiro atoms. The first kappa shape index (κ1) is 13.6. The molecule has 0 bridgehead atoms. The fourth-order valence-corrected chi connectivity index (χ4v) is 2.56. The molecule has 0 saturated carbocycles. The van der Waals surface area contributed by atoms with Crippen molar-refractivity contribution in [3.05, 3.63) is 28.7 Å². The summed E-state index contributed by atoms with van der Waals surface area (Å²) in [6, 6.07) is 7.91. The van der Waals surface area contributed by atoms with Crippen molar-refractivity contribution in [2.45, 2.75) is 26.3 Å². The number of benzene rings is 1. The molecule has 1 aliphatic heterocycles. The van der Waals surface area contributed by atoms with Crippen LogP contribution >= 0.6 is 15.9 Å². The molecule has 1 aliphatic rings. The van der Waals surface area contributed by atoms with Gasteiger partial charge < -0.3 is 10.2 Å². The summed E-state index contributed by atoms with van der Waals surface area (Å²) >= 11 is 3.46. The van der Waals surface area contributed by atoms with Gasteiger partial charge in [0.1, 0.15) is 0 Å². The van der Waals surface area contributed by atoms with Gasteiger partial charge in [-0.1, -0.05) is 28.9 Å². The van der Waals surface area contributed by atoms with Crippen LogP contribution in [-0.4, -0.2) is 24.5 Å². The fourth-order valence-electron chi connectivity index (χ4n) is 2.17. The third kappa shape index (κ3) is 2.75. The molecule has 1 aromatic carbocycles. The molecule has 3 nitrogen and oxygen atoms in total. The lowest BCUT2D eigenvalue weighted by atomic mass is 10.0. The van der Waals surface area contributed by atoms with E-state index in [1.165, 1.54) is 0 Å². The zero-order valence-corrected chi connectivity index (χ0v) is 12.6. The number of nitrogens with one attached hydrogen (secondary N) is 1. The van der Waals surface area contributed by atoms with Gasteiger partial charge in [0.2, 0.25) is 5.91 Å². The van der Waals surface area contributed by atoms with Gasteiger partial charge in [-0.15, -0.1) is 0 Å². The first-order chi connectivity index (χ1) is 8.40. The van der Waals surface area contributed by atoms with E-state index in [0.29, 0.717) is 5.92 Å². The summed E-state index contributed by atoms with van der Waals surface area (Å²) in [6.45, 7) is 7.67. The van der Waals surface area contributed by atoms with Crippen LogP contribution < -0.4 is 10.2 Å². The maximum Gasteiger partial charge on any atom is 0.246 e. The first-order valence-corrected chi connectivity index (χ1v) is 7.02. The van der Waals surface area contributed by atoms with Gasteiger partial charge >= 0.3 is 0 Å². The molecular weight excluding hydrogens is 292 g/mol. The van der Waals surface area contributed by atoms with Gasteiger partial charge in [-0.2, -0.15) is 0 Å². The van der Waals surface area contributed by atoms with E-state index >= 15 is 0 Å². The van der Waals surface area contributed by atoms with Crippen molar-refractivity contribution in [3.8, 4) is 0 Å². The smallest absolute Gasteiger partial charge is 0.246 e. The second-order valence-corrected chi connectivity index (χ2v) is 6.42. The molecule has 4 heteroatoms. The zero-order valence-electron chi connectivity index (χ0n) is 11.0. The summed E-state index contributed by atoms with van der Waals surface area (Å²) in [6.07, 6.45) is 0. The van der Waals surface area contributed by atoms with Crippen LogP contribution in [-0.2, 0) is 4.79 Å². The second kappa shape index (κ2) is 5.02. The molecule has 2 rings (SSSR count). The topological polar surface area (TPSA) is 32.3 Å². The van der Waals surface area contributed by atoms with E-state index in [2.05, 4.69) is 28.2 Å². The van der Waals surface area contributed by atoms with Crippen LogP contribution in [0.3, 0.4) is 0 Å². The summed E-state index contributed by atoms with van der Waals surface area (Å²) in [5, 5.41) is 3.33. The molecule has 1 heterocycles. The molecule has 0 aromatic heterocycles. The van der Waals surface area contributed by atoms with Gasteiger partial charge in [0.25, 0.3) is 0 Å². The lowest BCUT2D eigenvalue weighted by Crippen LogP contribution is -2.51. The molecule has 1 unspecified atom stereocenters. The Kier molecular flexibility index (Phi) is 3.78. The number of rotatable bonds is 1. The van der Waals surface area contributed by atoms with E-state index < -0.39 is 5.54 Å². The van der Waals surface area contributed by atoms with E-state index in [9.17, 15) is 4.79 Å². The molecular formula is C14H19BrN2O. The normalized spacial score (nSPS) is 23.9. The summed E-state index contributed by atoms with van der Waals surface area (Å²) < 4.78 is 0.996. The van der Waals surface area contributed by atoms with Crippen molar-refractivity contribution in [1.29, 1.82) is 0 Å². The van der Waals surface area contributed by atoms with Crippen LogP contribution in [0.1, 0.15) is 20.8 Å². The quantitative estimate of drug-likeness (QED) is 0.865. The Morgan fingerprint density at radius 1 is 1.44 bits per heavy atom. The molecule has 1 N–H and O–H groups in total. The van der Waals surface area contributed by atoms with Gasteiger partial charge in [0.05, 0.1) is 5.54 Å². The molecule has 1 aromatic rings. The predicted molar refractivity (Wildman–Crippen MR) is 77.7 cm³/mol. The van der Waals surface area contributed by atoms with Gasteiger partial charge in [0, 0.05) is 23.2 Å². The number of carbonyl (C=O) groups excluding carboxylic acids is 1. The molecule has 18 heavy (non-hydrogen) atoms. The number of halogens is 1. The fraction of sp³-hybridized carbons (Fsp3) is 0.500. The van der Waals surface area contributed by atoms with Crippen molar-refractivity contribution in [2.75, 3.05) is 18.0 Å². The molecule has 1 fully saturated rings. The highest BCUT2D eigenvalue weighted by atomic mass is 79.9. The van der Waals surface area contributed by atoms with Crippen molar-refractivity contribution in [3.63, 3.8) is 0 Å². The Bertz CT molecular complexity index is 459. The zero-order chi connectivity index (χ0) is 13.3. The van der Waals surface area contributed by atoms with E-state index in [1.807, 2.05) is 43.0 Å². The van der Waals surface area contributed by atoms with Crippen LogP contribution in [0.2, 0.25) is 0 Å². The lowest BCUT2D eigenvalue weighted by molar-refractivity contribution is -0.123. The van der Waals surface area contributed by atoms with Gasteiger partial charge in [-0.05, 0) is 38.0 Å². The lowest BCUT2D eigenvalue weighted by Gasteiger charge is -2.29. The van der Waals surface area contributed by atoms with Crippen molar-refractivity contribution in [2.24, 2.45) is 5.92 Å². The number of carbonyl (C=O) groups is 1. The van der Waals surface area contributed by atoms with Gasteiger partial charge in [-0.25, -0.2) is 0 Å². The minimum absolute atomic E-state index is 0.130. The highest BCUT2D eigenvalue weighted by Crippen LogP contribution is 2.25. The minimum atomic E-state index is -0.507. The van der Waals surface area contributed by atoms with Gasteiger partial charge in [0.15, 0.2) is 0 Å². The van der Waals surface area contributed by atoms with E-state index in [-0.39, 0.29) is 5.91 Å². The largest absolute Gasteiger partial charge is 0.310 e. The number of anilines is 1. The van der Waals surface area contributed by atoms with Crippen molar-refractivity contribution >= 4 is 27.5 Å². The standard InChI is InChI=1S/C14H19BrN2O/c1-10-8-16-14(2,3)13(18)17(9-10)12-6-4-5-11(15)7-12/h4-7,10,16H,8-9H2,1-3H3. The average molecular weight is 311 g/mol. The Labute approximate surface area is 117 Å². The number of amides is 1. The molecule has 1 amide bonds. The van der Waals surface area contributed by atoms with E-state index in [1.54, 1.807) is 0 Å². The van der Waals surface area contributed by atoms with Crippen LogP contribution in [0.15, 0.2) is 28.7 Å². The van der Waals surface area contributed by atoms with Crippen LogP contribution in [0.5, 0.6) is 0 Å². The van der Waals surface area contributed by atoms with Crippen LogP contribution in [0.25, 0.3) is 0 Å². The monoisotopic (exact) mass is 310 g/mol. The summed E-state index contributed by atoms with van der Waals surface area (Å²) in [5.74, 6) is 0.569. The first-order valence-electron chi connectivity index (χ1n) is 6.23. The Balaban J connectivity index is 2.37. The summed E-state index contributed by atoms with van der Waals surface area (Å²) in [4.78, 5) is 14.5. The van der Waals surface area contributed by atoms with Crippen LogP contribution in [0.4, 0.5) is 5.69 Å². The third-order valence-corrected chi connectivity index (χ3v) is 3.78. The van der Waals surface area contributed by atoms with Crippen molar-refractivity contribution in [1.82, 2.24) is 5.32 Å². The third-order valence-electron chi connectivity index (χ3n) is 3.29. The number of hydrogen-bond donors (Lipinski definition) is 1. The molecule has 98 valence electrons. The maximum absolute atomic E-state index is 12.6. The highest BCUT2D eigenvalue weighted by Gasteiger charge is 2.36. The predicted octanol–water partition coefficient (Wildman–Crippen LogP) is 2.80. The number of nitrogens with zero attached hydrogens (tertiary/aromatic N) is 1. The highest BCUT2D eigenvalue weighted by molar-refractivity contribution is 9.10.